The first-order valence-corrected chi connectivity index (χ1v) is 11.6. The number of hydrogen-bond acceptors (Lipinski definition) is 6. The SMILES string of the molecule is CCCCCCCCCCCCCCCC=CC(=O)OC(=O)C(C)(O)C(=O)C(C)O. The molecule has 2 atom stereocenters. The third kappa shape index (κ3) is 13.6. The van der Waals surface area contributed by atoms with Crippen LogP contribution < -0.4 is 0 Å². The van der Waals surface area contributed by atoms with Crippen molar-refractivity contribution < 1.29 is 29.3 Å². The van der Waals surface area contributed by atoms with Gasteiger partial charge in [0.15, 0.2) is 0 Å². The van der Waals surface area contributed by atoms with Gasteiger partial charge in [-0.1, -0.05) is 90.0 Å². The van der Waals surface area contributed by atoms with Crippen LogP contribution in [0.15, 0.2) is 12.2 Å². The van der Waals surface area contributed by atoms with E-state index in [-0.39, 0.29) is 0 Å². The second kappa shape index (κ2) is 17.2. The Morgan fingerprint density at radius 1 is 0.867 bits per heavy atom. The van der Waals surface area contributed by atoms with Gasteiger partial charge in [0.25, 0.3) is 0 Å². The van der Waals surface area contributed by atoms with Crippen LogP contribution in [-0.4, -0.2) is 39.6 Å². The van der Waals surface area contributed by atoms with E-state index in [0.29, 0.717) is 6.42 Å². The fraction of sp³-hybridized carbons (Fsp3) is 0.792. The van der Waals surface area contributed by atoms with Gasteiger partial charge in [0, 0.05) is 6.08 Å². The minimum absolute atomic E-state index is 0.698. The van der Waals surface area contributed by atoms with Crippen LogP contribution in [0.25, 0.3) is 0 Å². The molecule has 0 bridgehead atoms. The molecule has 0 spiro atoms. The lowest BCUT2D eigenvalue weighted by atomic mass is 9.98. The van der Waals surface area contributed by atoms with Crippen molar-refractivity contribution >= 4 is 17.7 Å². The molecular formula is C24H42O6. The maximum Gasteiger partial charge on any atom is 0.353 e. The number of ether oxygens (including phenoxy) is 1. The number of carbonyl (C=O) groups is 3. The molecule has 0 aromatic heterocycles. The smallest absolute Gasteiger partial charge is 0.353 e. The Hall–Kier alpha value is -1.53. The lowest BCUT2D eigenvalue weighted by molar-refractivity contribution is -0.175. The normalized spacial score (nSPS) is 14.4. The molecule has 0 fully saturated rings. The predicted octanol–water partition coefficient (Wildman–Crippen LogP) is 4.79. The van der Waals surface area contributed by atoms with Crippen LogP contribution >= 0.6 is 0 Å². The number of rotatable bonds is 18. The number of ketones is 1. The Kier molecular flexibility index (Phi) is 16.3. The number of hydrogen-bond donors (Lipinski definition) is 2. The molecule has 0 saturated carbocycles. The summed E-state index contributed by atoms with van der Waals surface area (Å²) < 4.78 is 4.46. The van der Waals surface area contributed by atoms with E-state index in [9.17, 15) is 24.6 Å². The van der Waals surface area contributed by atoms with Crippen LogP contribution in [0.4, 0.5) is 0 Å². The van der Waals surface area contributed by atoms with E-state index in [1.165, 1.54) is 70.6 Å². The van der Waals surface area contributed by atoms with Gasteiger partial charge in [-0.05, 0) is 26.7 Å². The lowest BCUT2D eigenvalue weighted by Crippen LogP contribution is -2.49. The first-order valence-electron chi connectivity index (χ1n) is 11.6. The van der Waals surface area contributed by atoms with Gasteiger partial charge in [-0.3, -0.25) is 4.79 Å². The highest BCUT2D eigenvalue weighted by atomic mass is 16.6. The fourth-order valence-electron chi connectivity index (χ4n) is 3.19. The summed E-state index contributed by atoms with van der Waals surface area (Å²) in [6, 6.07) is 0. The minimum atomic E-state index is -2.55. The van der Waals surface area contributed by atoms with Crippen molar-refractivity contribution in [3.63, 3.8) is 0 Å². The van der Waals surface area contributed by atoms with Crippen LogP contribution in [-0.2, 0) is 19.1 Å². The zero-order valence-corrected chi connectivity index (χ0v) is 19.2. The van der Waals surface area contributed by atoms with Gasteiger partial charge in [-0.25, -0.2) is 9.59 Å². The summed E-state index contributed by atoms with van der Waals surface area (Å²) in [6.07, 6.45) is 18.5. The van der Waals surface area contributed by atoms with Gasteiger partial charge >= 0.3 is 11.9 Å². The summed E-state index contributed by atoms with van der Waals surface area (Å²) in [5, 5.41) is 19.0. The molecule has 0 aromatic carbocycles. The van der Waals surface area contributed by atoms with Crippen molar-refractivity contribution in [1.29, 1.82) is 0 Å². The summed E-state index contributed by atoms with van der Waals surface area (Å²) in [5.41, 5.74) is -2.55. The highest BCUT2D eigenvalue weighted by molar-refractivity contribution is 6.11. The molecule has 0 amide bonds. The molecule has 6 nitrogen and oxygen atoms in total. The Bertz CT molecular complexity index is 522. The molecule has 0 rings (SSSR count). The first kappa shape index (κ1) is 28.5. The van der Waals surface area contributed by atoms with Gasteiger partial charge in [0.05, 0.1) is 0 Å². The first-order chi connectivity index (χ1) is 14.2. The van der Waals surface area contributed by atoms with E-state index >= 15 is 0 Å². The number of aliphatic hydroxyl groups excluding tert-OH is 1. The van der Waals surface area contributed by atoms with Crippen molar-refractivity contribution in [2.24, 2.45) is 0 Å². The Morgan fingerprint density at radius 2 is 1.30 bits per heavy atom. The fourth-order valence-corrected chi connectivity index (χ4v) is 3.19. The van der Waals surface area contributed by atoms with Gasteiger partial charge in [0.1, 0.15) is 6.10 Å². The summed E-state index contributed by atoms with van der Waals surface area (Å²) in [7, 11) is 0. The van der Waals surface area contributed by atoms with E-state index in [1.807, 2.05) is 0 Å². The highest BCUT2D eigenvalue weighted by Gasteiger charge is 2.43. The summed E-state index contributed by atoms with van der Waals surface area (Å²) in [5.74, 6) is -3.44. The Labute approximate surface area is 182 Å². The number of unbranched alkanes of at least 4 members (excludes halogenated alkanes) is 13. The summed E-state index contributed by atoms with van der Waals surface area (Å²) in [6.45, 7) is 4.27. The number of aliphatic hydroxyl groups is 2. The maximum atomic E-state index is 11.7. The standard InChI is InChI=1S/C24H42O6/c1-4-5-6-7-8-9-10-11-12-13-14-15-16-17-18-19-21(26)30-23(28)24(3,29)22(27)20(2)25/h18-20,25,29H,4-17H2,1-3H3. The van der Waals surface area contributed by atoms with Crippen LogP contribution in [0.1, 0.15) is 111 Å². The topological polar surface area (TPSA) is 101 Å². The number of esters is 2. The molecule has 30 heavy (non-hydrogen) atoms. The zero-order valence-electron chi connectivity index (χ0n) is 19.2. The average molecular weight is 427 g/mol. The molecule has 0 radical (unpaired) electrons. The van der Waals surface area contributed by atoms with E-state index in [0.717, 1.165) is 32.8 Å². The highest BCUT2D eigenvalue weighted by Crippen LogP contribution is 2.13. The molecule has 2 unspecified atom stereocenters. The zero-order chi connectivity index (χ0) is 22.8. The third-order valence-electron chi connectivity index (χ3n) is 5.18. The van der Waals surface area contributed by atoms with Gasteiger partial charge in [-0.15, -0.1) is 0 Å². The van der Waals surface area contributed by atoms with Crippen molar-refractivity contribution in [3.05, 3.63) is 12.2 Å². The molecule has 0 saturated heterocycles. The van der Waals surface area contributed by atoms with Gasteiger partial charge in [-0.2, -0.15) is 0 Å². The minimum Gasteiger partial charge on any atom is -0.387 e. The average Bonchev–Trinajstić information content (AvgIpc) is 2.70. The van der Waals surface area contributed by atoms with Crippen LogP contribution in [0.2, 0.25) is 0 Å². The lowest BCUT2D eigenvalue weighted by Gasteiger charge is -2.19. The maximum absolute atomic E-state index is 11.7. The van der Waals surface area contributed by atoms with Crippen molar-refractivity contribution in [1.82, 2.24) is 0 Å². The van der Waals surface area contributed by atoms with E-state index in [4.69, 9.17) is 0 Å². The molecule has 0 aliphatic rings. The monoisotopic (exact) mass is 426 g/mol. The summed E-state index contributed by atoms with van der Waals surface area (Å²) in [4.78, 5) is 34.9. The van der Waals surface area contributed by atoms with Crippen LogP contribution in [0, 0.1) is 0 Å². The number of allylic oxidation sites excluding steroid dienone is 1. The molecule has 0 heterocycles. The second-order valence-corrected chi connectivity index (χ2v) is 8.25. The van der Waals surface area contributed by atoms with Crippen molar-refractivity contribution in [2.75, 3.05) is 0 Å². The van der Waals surface area contributed by atoms with Crippen LogP contribution in [0.3, 0.4) is 0 Å². The molecule has 2 N–H and O–H groups in total. The van der Waals surface area contributed by atoms with Crippen molar-refractivity contribution in [2.45, 2.75) is 122 Å². The quantitative estimate of drug-likeness (QED) is 0.141. The molecular weight excluding hydrogens is 384 g/mol. The molecule has 174 valence electrons. The van der Waals surface area contributed by atoms with E-state index in [2.05, 4.69) is 11.7 Å². The molecule has 0 aromatic rings. The van der Waals surface area contributed by atoms with Gasteiger partial charge in [0.2, 0.25) is 11.4 Å². The summed E-state index contributed by atoms with van der Waals surface area (Å²) >= 11 is 0. The van der Waals surface area contributed by atoms with Crippen molar-refractivity contribution in [3.8, 4) is 0 Å². The number of Topliss-reactive ketones (excluding diaryl/α,β-unsaturated/α-hetero) is 1. The Balaban J connectivity index is 3.69. The van der Waals surface area contributed by atoms with E-state index in [1.54, 1.807) is 6.08 Å². The van der Waals surface area contributed by atoms with E-state index < -0.39 is 29.4 Å². The van der Waals surface area contributed by atoms with Crippen LogP contribution in [0.5, 0.6) is 0 Å². The molecule has 0 aliphatic heterocycles. The second-order valence-electron chi connectivity index (χ2n) is 8.25. The predicted molar refractivity (Wildman–Crippen MR) is 118 cm³/mol. The van der Waals surface area contributed by atoms with Gasteiger partial charge < -0.3 is 14.9 Å². The molecule has 0 aliphatic carbocycles. The largest absolute Gasteiger partial charge is 0.387 e. The Morgan fingerprint density at radius 3 is 1.73 bits per heavy atom. The molecule has 6 heteroatoms. The third-order valence-corrected chi connectivity index (χ3v) is 5.18. The number of carbonyl (C=O) groups excluding carboxylic acids is 3.